The van der Waals surface area contributed by atoms with Crippen LogP contribution in [0.4, 0.5) is 0 Å². The number of rotatable bonds is 3. The van der Waals surface area contributed by atoms with Gasteiger partial charge in [-0.3, -0.25) is 10.1 Å². The molecule has 0 N–H and O–H groups in total. The van der Waals surface area contributed by atoms with Crippen molar-refractivity contribution in [3.05, 3.63) is 51.6 Å². The van der Waals surface area contributed by atoms with Gasteiger partial charge in [-0.15, -0.1) is 0 Å². The summed E-state index contributed by atoms with van der Waals surface area (Å²) in [5.41, 5.74) is 3.22. The second kappa shape index (κ2) is 4.92. The molecule has 0 radical (unpaired) electrons. The van der Waals surface area contributed by atoms with Crippen molar-refractivity contribution in [2.24, 2.45) is 0 Å². The zero-order chi connectivity index (χ0) is 11.4. The van der Waals surface area contributed by atoms with Crippen LogP contribution in [0.25, 0.3) is 5.57 Å². The van der Waals surface area contributed by atoms with E-state index in [0.29, 0.717) is 0 Å². The molecule has 0 amide bonds. The molecule has 0 aliphatic heterocycles. The van der Waals surface area contributed by atoms with E-state index in [1.54, 1.807) is 0 Å². The van der Waals surface area contributed by atoms with Crippen LogP contribution in [0.5, 0.6) is 0 Å². The maximum absolute atomic E-state index is 10.7. The minimum Gasteiger partial charge on any atom is -0.264 e. The van der Waals surface area contributed by atoms with Crippen molar-refractivity contribution in [1.29, 1.82) is 0 Å². The van der Waals surface area contributed by atoms with Gasteiger partial charge in [-0.25, -0.2) is 0 Å². The second-order valence-electron chi connectivity index (χ2n) is 4.15. The van der Waals surface area contributed by atoms with Crippen molar-refractivity contribution < 1.29 is 4.92 Å². The Morgan fingerprint density at radius 1 is 1.19 bits per heavy atom. The Morgan fingerprint density at radius 2 is 1.81 bits per heavy atom. The van der Waals surface area contributed by atoms with E-state index in [9.17, 15) is 10.1 Å². The fraction of sp³-hybridized carbons (Fsp3) is 0.385. The van der Waals surface area contributed by atoms with Crippen molar-refractivity contribution >= 4 is 5.57 Å². The molecule has 16 heavy (non-hydrogen) atoms. The summed E-state index contributed by atoms with van der Waals surface area (Å²) >= 11 is 0. The average Bonchev–Trinajstić information content (AvgIpc) is 2.80. The fourth-order valence-electron chi connectivity index (χ4n) is 2.28. The topological polar surface area (TPSA) is 43.1 Å². The third-order valence-electron chi connectivity index (χ3n) is 3.04. The monoisotopic (exact) mass is 217 g/mol. The molecular formula is C13H15NO2. The molecule has 0 aromatic heterocycles. The molecule has 0 bridgehead atoms. The number of nitro groups is 1. The molecule has 0 unspecified atom stereocenters. The standard InChI is InChI=1S/C13H15NO2/c15-14(16)10-13(12-8-4-5-9-12)11-6-2-1-3-7-11/h1-3,6-7H,4-5,8-10H2. The van der Waals surface area contributed by atoms with Gasteiger partial charge in [0.25, 0.3) is 0 Å². The minimum absolute atomic E-state index is 0.0423. The highest BCUT2D eigenvalue weighted by molar-refractivity contribution is 5.69. The van der Waals surface area contributed by atoms with Crippen LogP contribution in [0.2, 0.25) is 0 Å². The lowest BCUT2D eigenvalue weighted by atomic mass is 9.99. The molecule has 0 spiro atoms. The van der Waals surface area contributed by atoms with Crippen LogP contribution in [0.3, 0.4) is 0 Å². The summed E-state index contributed by atoms with van der Waals surface area (Å²) in [6, 6.07) is 9.73. The van der Waals surface area contributed by atoms with E-state index in [1.807, 2.05) is 30.3 Å². The van der Waals surface area contributed by atoms with Gasteiger partial charge < -0.3 is 0 Å². The van der Waals surface area contributed by atoms with Crippen LogP contribution in [0.1, 0.15) is 31.2 Å². The first-order valence-corrected chi connectivity index (χ1v) is 5.65. The molecule has 0 saturated heterocycles. The van der Waals surface area contributed by atoms with E-state index >= 15 is 0 Å². The van der Waals surface area contributed by atoms with E-state index < -0.39 is 0 Å². The Kier molecular flexibility index (Phi) is 3.34. The van der Waals surface area contributed by atoms with E-state index in [-0.39, 0.29) is 11.5 Å². The largest absolute Gasteiger partial charge is 0.264 e. The second-order valence-corrected chi connectivity index (χ2v) is 4.15. The smallest absolute Gasteiger partial charge is 0.229 e. The Morgan fingerprint density at radius 3 is 2.38 bits per heavy atom. The highest BCUT2D eigenvalue weighted by Crippen LogP contribution is 2.31. The lowest BCUT2D eigenvalue weighted by Crippen LogP contribution is -2.05. The lowest BCUT2D eigenvalue weighted by Gasteiger charge is -2.07. The molecule has 84 valence electrons. The van der Waals surface area contributed by atoms with Crippen LogP contribution in [-0.2, 0) is 0 Å². The molecular weight excluding hydrogens is 202 g/mol. The quantitative estimate of drug-likeness (QED) is 0.576. The van der Waals surface area contributed by atoms with E-state index in [1.165, 1.54) is 18.4 Å². The van der Waals surface area contributed by atoms with E-state index in [2.05, 4.69) is 0 Å². The Hall–Kier alpha value is -1.64. The summed E-state index contributed by atoms with van der Waals surface area (Å²) in [4.78, 5) is 10.5. The Labute approximate surface area is 94.9 Å². The summed E-state index contributed by atoms with van der Waals surface area (Å²) < 4.78 is 0. The number of hydrogen-bond acceptors (Lipinski definition) is 2. The number of hydrogen-bond donors (Lipinski definition) is 0. The summed E-state index contributed by atoms with van der Waals surface area (Å²) in [6.07, 6.45) is 4.39. The number of allylic oxidation sites excluding steroid dienone is 1. The van der Waals surface area contributed by atoms with Crippen molar-refractivity contribution in [1.82, 2.24) is 0 Å². The summed E-state index contributed by atoms with van der Waals surface area (Å²) in [6.45, 7) is -0.0423. The van der Waals surface area contributed by atoms with Crippen molar-refractivity contribution in [2.45, 2.75) is 25.7 Å². The highest BCUT2D eigenvalue weighted by atomic mass is 16.6. The molecule has 3 heteroatoms. The molecule has 1 fully saturated rings. The number of nitrogens with zero attached hydrogens (tertiary/aromatic N) is 1. The zero-order valence-electron chi connectivity index (χ0n) is 9.19. The molecule has 3 nitrogen and oxygen atoms in total. The molecule has 1 saturated carbocycles. The fourth-order valence-corrected chi connectivity index (χ4v) is 2.28. The molecule has 1 aromatic rings. The predicted molar refractivity (Wildman–Crippen MR) is 63.7 cm³/mol. The molecule has 0 heterocycles. The van der Waals surface area contributed by atoms with Gasteiger partial charge in [0, 0.05) is 10.5 Å². The van der Waals surface area contributed by atoms with Gasteiger partial charge in [-0.05, 0) is 31.2 Å². The first-order valence-electron chi connectivity index (χ1n) is 5.65. The van der Waals surface area contributed by atoms with Crippen molar-refractivity contribution in [3.8, 4) is 0 Å². The third kappa shape index (κ3) is 2.48. The average molecular weight is 217 g/mol. The van der Waals surface area contributed by atoms with Gasteiger partial charge in [0.05, 0.1) is 0 Å². The van der Waals surface area contributed by atoms with E-state index in [4.69, 9.17) is 0 Å². The van der Waals surface area contributed by atoms with Gasteiger partial charge >= 0.3 is 0 Å². The van der Waals surface area contributed by atoms with Crippen molar-refractivity contribution in [3.63, 3.8) is 0 Å². The summed E-state index contributed by atoms with van der Waals surface area (Å²) in [7, 11) is 0. The summed E-state index contributed by atoms with van der Waals surface area (Å²) in [5.74, 6) is 0. The third-order valence-corrected chi connectivity index (χ3v) is 3.04. The van der Waals surface area contributed by atoms with Gasteiger partial charge in [-0.1, -0.05) is 35.9 Å². The lowest BCUT2D eigenvalue weighted by molar-refractivity contribution is -0.465. The SMILES string of the molecule is O=[N+]([O-])CC(=C1CCCC1)c1ccccc1. The molecule has 1 aromatic carbocycles. The molecule has 2 rings (SSSR count). The maximum atomic E-state index is 10.7. The van der Waals surface area contributed by atoms with E-state index in [0.717, 1.165) is 24.0 Å². The minimum atomic E-state index is -0.229. The van der Waals surface area contributed by atoms with Crippen LogP contribution < -0.4 is 0 Å². The molecule has 0 atom stereocenters. The first-order chi connectivity index (χ1) is 7.77. The first kappa shape index (κ1) is 10.9. The molecule has 1 aliphatic carbocycles. The molecule has 1 aliphatic rings. The summed E-state index contributed by atoms with van der Waals surface area (Å²) in [5, 5.41) is 10.7. The predicted octanol–water partition coefficient (Wildman–Crippen LogP) is 3.29. The van der Waals surface area contributed by atoms with Crippen LogP contribution in [0, 0.1) is 10.1 Å². The zero-order valence-corrected chi connectivity index (χ0v) is 9.19. The van der Waals surface area contributed by atoms with Gasteiger partial charge in [0.1, 0.15) is 0 Å². The van der Waals surface area contributed by atoms with Crippen LogP contribution >= 0.6 is 0 Å². The normalized spacial score (nSPS) is 15.1. The van der Waals surface area contributed by atoms with Gasteiger partial charge in [-0.2, -0.15) is 0 Å². The highest BCUT2D eigenvalue weighted by Gasteiger charge is 2.17. The van der Waals surface area contributed by atoms with Gasteiger partial charge in [0.2, 0.25) is 6.54 Å². The Balaban J connectivity index is 2.35. The number of benzene rings is 1. The maximum Gasteiger partial charge on any atom is 0.229 e. The van der Waals surface area contributed by atoms with Crippen LogP contribution in [0.15, 0.2) is 35.9 Å². The van der Waals surface area contributed by atoms with Gasteiger partial charge in [0.15, 0.2) is 0 Å². The Bertz CT molecular complexity index is 401. The van der Waals surface area contributed by atoms with Crippen molar-refractivity contribution in [2.75, 3.05) is 6.54 Å². The van der Waals surface area contributed by atoms with Crippen LogP contribution in [-0.4, -0.2) is 11.5 Å².